The van der Waals surface area contributed by atoms with E-state index in [0.717, 1.165) is 11.1 Å². The van der Waals surface area contributed by atoms with Gasteiger partial charge < -0.3 is 10.0 Å². The van der Waals surface area contributed by atoms with Gasteiger partial charge in [-0.3, -0.25) is 14.5 Å². The number of aliphatic carboxylic acids is 1. The van der Waals surface area contributed by atoms with Gasteiger partial charge in [-0.15, -0.1) is 0 Å². The maximum Gasteiger partial charge on any atom is 0.303 e. The molecule has 1 heterocycles. The Kier molecular flexibility index (Phi) is 6.41. The first-order valence-electron chi connectivity index (χ1n) is 9.51. The smallest absolute Gasteiger partial charge is 0.303 e. The molecule has 0 radical (unpaired) electrons. The van der Waals surface area contributed by atoms with Crippen LogP contribution in [0, 0.1) is 12.7 Å². The van der Waals surface area contributed by atoms with Gasteiger partial charge in [-0.2, -0.15) is 0 Å². The second kappa shape index (κ2) is 8.97. The number of amides is 1. The van der Waals surface area contributed by atoms with Crippen molar-refractivity contribution in [3.8, 4) is 0 Å². The highest BCUT2D eigenvalue weighted by atomic mass is 19.1. The summed E-state index contributed by atoms with van der Waals surface area (Å²) >= 11 is 0. The first-order chi connectivity index (χ1) is 13.4. The number of hydrogen-bond acceptors (Lipinski definition) is 3. The molecule has 0 aliphatic carbocycles. The van der Waals surface area contributed by atoms with E-state index in [1.54, 1.807) is 4.90 Å². The van der Waals surface area contributed by atoms with Gasteiger partial charge in [-0.1, -0.05) is 29.8 Å². The van der Waals surface area contributed by atoms with Crippen molar-refractivity contribution in [3.05, 3.63) is 71.0 Å². The minimum atomic E-state index is -0.803. The van der Waals surface area contributed by atoms with Crippen LogP contribution in [0.5, 0.6) is 0 Å². The standard InChI is InChI=1S/C22H25FN2O3/c1-16-2-4-17(5-3-16)20(10-11-21(26)27)24-12-14-25(15-13-24)22(28)18-6-8-19(23)9-7-18/h2-9,20H,10-15H2,1H3,(H,26,27)/t20-/m1/s1. The molecule has 1 amide bonds. The molecular weight excluding hydrogens is 359 g/mol. The highest BCUT2D eigenvalue weighted by molar-refractivity contribution is 5.94. The van der Waals surface area contributed by atoms with Gasteiger partial charge in [0.1, 0.15) is 5.82 Å². The summed E-state index contributed by atoms with van der Waals surface area (Å²) in [4.78, 5) is 27.7. The van der Waals surface area contributed by atoms with Crippen molar-refractivity contribution < 1.29 is 19.1 Å². The molecule has 2 aromatic rings. The van der Waals surface area contributed by atoms with Gasteiger partial charge in [0.05, 0.1) is 0 Å². The van der Waals surface area contributed by atoms with Crippen LogP contribution >= 0.6 is 0 Å². The van der Waals surface area contributed by atoms with Crippen LogP contribution in [0.25, 0.3) is 0 Å². The van der Waals surface area contributed by atoms with Gasteiger partial charge in [0.15, 0.2) is 0 Å². The van der Waals surface area contributed by atoms with Crippen LogP contribution in [-0.2, 0) is 4.79 Å². The Balaban J connectivity index is 1.67. The Bertz CT molecular complexity index is 813. The number of piperazine rings is 1. The third kappa shape index (κ3) is 4.95. The molecule has 1 aliphatic heterocycles. The molecule has 148 valence electrons. The molecule has 1 N–H and O–H groups in total. The maximum atomic E-state index is 13.1. The molecule has 0 aromatic heterocycles. The van der Waals surface area contributed by atoms with Crippen LogP contribution in [0.1, 0.15) is 40.4 Å². The highest BCUT2D eigenvalue weighted by Gasteiger charge is 2.28. The summed E-state index contributed by atoms with van der Waals surface area (Å²) in [5, 5.41) is 9.11. The molecule has 0 bridgehead atoms. The molecule has 6 heteroatoms. The summed E-state index contributed by atoms with van der Waals surface area (Å²) in [5.74, 6) is -1.26. The van der Waals surface area contributed by atoms with E-state index in [1.165, 1.54) is 24.3 Å². The van der Waals surface area contributed by atoms with E-state index in [0.29, 0.717) is 38.2 Å². The number of nitrogens with zero attached hydrogens (tertiary/aromatic N) is 2. The number of rotatable bonds is 6. The van der Waals surface area contributed by atoms with Gasteiger partial charge in [-0.25, -0.2) is 4.39 Å². The number of aryl methyl sites for hydroxylation is 1. The number of carbonyl (C=O) groups excluding carboxylic acids is 1. The van der Waals surface area contributed by atoms with E-state index in [-0.39, 0.29) is 24.2 Å². The van der Waals surface area contributed by atoms with Crippen molar-refractivity contribution >= 4 is 11.9 Å². The Morgan fingerprint density at radius 3 is 2.18 bits per heavy atom. The van der Waals surface area contributed by atoms with Gasteiger partial charge >= 0.3 is 5.97 Å². The first kappa shape index (κ1) is 20.0. The van der Waals surface area contributed by atoms with Crippen LogP contribution in [0.15, 0.2) is 48.5 Å². The number of carbonyl (C=O) groups is 2. The third-order valence-corrected chi connectivity index (χ3v) is 5.23. The quantitative estimate of drug-likeness (QED) is 0.828. The summed E-state index contributed by atoms with van der Waals surface area (Å²) in [6.45, 7) is 4.49. The molecule has 1 aliphatic rings. The van der Waals surface area contributed by atoms with E-state index < -0.39 is 5.97 Å². The number of carboxylic acid groups (broad SMARTS) is 1. The molecule has 1 saturated heterocycles. The molecular formula is C22H25FN2O3. The molecule has 1 atom stereocenters. The van der Waals surface area contributed by atoms with E-state index >= 15 is 0 Å². The lowest BCUT2D eigenvalue weighted by Gasteiger charge is -2.39. The van der Waals surface area contributed by atoms with Crippen LogP contribution in [-0.4, -0.2) is 53.0 Å². The van der Waals surface area contributed by atoms with Crippen molar-refractivity contribution in [2.75, 3.05) is 26.2 Å². The number of halogens is 1. The molecule has 1 fully saturated rings. The third-order valence-electron chi connectivity index (χ3n) is 5.23. The highest BCUT2D eigenvalue weighted by Crippen LogP contribution is 2.27. The molecule has 0 unspecified atom stereocenters. The Morgan fingerprint density at radius 2 is 1.61 bits per heavy atom. The van der Waals surface area contributed by atoms with E-state index in [2.05, 4.69) is 17.0 Å². The average Bonchev–Trinajstić information content (AvgIpc) is 2.70. The minimum absolute atomic E-state index is 0.0137. The zero-order chi connectivity index (χ0) is 20.1. The lowest BCUT2D eigenvalue weighted by Crippen LogP contribution is -2.49. The molecule has 5 nitrogen and oxygen atoms in total. The summed E-state index contributed by atoms with van der Waals surface area (Å²) in [7, 11) is 0. The summed E-state index contributed by atoms with van der Waals surface area (Å²) in [6, 6.07) is 13.8. The van der Waals surface area contributed by atoms with Crippen molar-refractivity contribution in [1.29, 1.82) is 0 Å². The minimum Gasteiger partial charge on any atom is -0.481 e. The topological polar surface area (TPSA) is 60.9 Å². The van der Waals surface area contributed by atoms with Gasteiger partial charge in [0.25, 0.3) is 5.91 Å². The molecule has 0 saturated carbocycles. The molecule has 0 spiro atoms. The number of benzene rings is 2. The Labute approximate surface area is 164 Å². The summed E-state index contributed by atoms with van der Waals surface area (Å²) in [5.41, 5.74) is 2.75. The zero-order valence-electron chi connectivity index (χ0n) is 16.0. The normalized spacial score (nSPS) is 16.0. The van der Waals surface area contributed by atoms with E-state index in [4.69, 9.17) is 5.11 Å². The second-order valence-corrected chi connectivity index (χ2v) is 7.19. The maximum absolute atomic E-state index is 13.1. The fourth-order valence-electron chi connectivity index (χ4n) is 3.62. The summed E-state index contributed by atoms with van der Waals surface area (Å²) in [6.07, 6.45) is 0.636. The van der Waals surface area contributed by atoms with Gasteiger partial charge in [-0.05, 0) is 43.2 Å². The number of hydrogen-bond donors (Lipinski definition) is 1. The lowest BCUT2D eigenvalue weighted by molar-refractivity contribution is -0.137. The van der Waals surface area contributed by atoms with Gasteiger partial charge in [0.2, 0.25) is 0 Å². The average molecular weight is 384 g/mol. The monoisotopic (exact) mass is 384 g/mol. The van der Waals surface area contributed by atoms with Crippen molar-refractivity contribution in [3.63, 3.8) is 0 Å². The predicted molar refractivity (Wildman–Crippen MR) is 105 cm³/mol. The predicted octanol–water partition coefficient (Wildman–Crippen LogP) is 3.50. The molecule has 28 heavy (non-hydrogen) atoms. The fourth-order valence-corrected chi connectivity index (χ4v) is 3.62. The second-order valence-electron chi connectivity index (χ2n) is 7.19. The zero-order valence-corrected chi connectivity index (χ0v) is 16.0. The largest absolute Gasteiger partial charge is 0.481 e. The Hall–Kier alpha value is -2.73. The van der Waals surface area contributed by atoms with Crippen molar-refractivity contribution in [2.45, 2.75) is 25.8 Å². The van der Waals surface area contributed by atoms with Crippen LogP contribution in [0.4, 0.5) is 4.39 Å². The van der Waals surface area contributed by atoms with Crippen LogP contribution < -0.4 is 0 Å². The molecule has 3 rings (SSSR count). The Morgan fingerprint density at radius 1 is 1.00 bits per heavy atom. The SMILES string of the molecule is Cc1ccc([C@@H](CCC(=O)O)N2CCN(C(=O)c3ccc(F)cc3)CC2)cc1. The summed E-state index contributed by atoms with van der Waals surface area (Å²) < 4.78 is 13.1. The van der Waals surface area contributed by atoms with E-state index in [1.807, 2.05) is 19.1 Å². The number of carboxylic acids is 1. The van der Waals surface area contributed by atoms with E-state index in [9.17, 15) is 14.0 Å². The molecule has 2 aromatic carbocycles. The van der Waals surface area contributed by atoms with Crippen LogP contribution in [0.2, 0.25) is 0 Å². The van der Waals surface area contributed by atoms with Crippen LogP contribution in [0.3, 0.4) is 0 Å². The van der Waals surface area contributed by atoms with Crippen molar-refractivity contribution in [1.82, 2.24) is 9.80 Å². The first-order valence-corrected chi connectivity index (χ1v) is 9.51. The van der Waals surface area contributed by atoms with Crippen molar-refractivity contribution in [2.24, 2.45) is 0 Å². The fraction of sp³-hybridized carbons (Fsp3) is 0.364. The lowest BCUT2D eigenvalue weighted by atomic mass is 9.98. The van der Waals surface area contributed by atoms with Gasteiger partial charge in [0, 0.05) is 44.2 Å².